The lowest BCUT2D eigenvalue weighted by Gasteiger charge is -2.38. The van der Waals surface area contributed by atoms with E-state index in [1.54, 1.807) is 24.9 Å². The van der Waals surface area contributed by atoms with Crippen molar-refractivity contribution < 1.29 is 14.3 Å². The first kappa shape index (κ1) is 26.1. The predicted octanol–water partition coefficient (Wildman–Crippen LogP) is 3.86. The van der Waals surface area contributed by atoms with Gasteiger partial charge in [-0.3, -0.25) is 9.78 Å². The molecule has 2 bridgehead atoms. The number of carbonyl (C=O) groups excluding carboxylic acids is 1. The van der Waals surface area contributed by atoms with E-state index in [1.807, 2.05) is 47.5 Å². The quantitative estimate of drug-likeness (QED) is 0.300. The van der Waals surface area contributed by atoms with Crippen LogP contribution in [-0.4, -0.2) is 71.9 Å². The molecule has 3 atom stereocenters. The van der Waals surface area contributed by atoms with Gasteiger partial charge in [0.25, 0.3) is 5.91 Å². The fourth-order valence-corrected chi connectivity index (χ4v) is 6.55. The molecule has 12 nitrogen and oxygen atoms in total. The van der Waals surface area contributed by atoms with E-state index in [0.717, 1.165) is 65.1 Å². The van der Waals surface area contributed by atoms with E-state index in [0.29, 0.717) is 18.1 Å². The van der Waals surface area contributed by atoms with Gasteiger partial charge in [0, 0.05) is 53.6 Å². The Morgan fingerprint density at radius 1 is 1.05 bits per heavy atom. The topological polar surface area (TPSA) is 149 Å². The van der Waals surface area contributed by atoms with Gasteiger partial charge in [-0.05, 0) is 56.0 Å². The summed E-state index contributed by atoms with van der Waals surface area (Å²) in [6.07, 6.45) is 8.53. The maximum atomic E-state index is 13.2. The second-order valence-electron chi connectivity index (χ2n) is 10.9. The molecular formula is C30H31N9O3. The number of aromatic amines is 1. The van der Waals surface area contributed by atoms with Gasteiger partial charge in [0.1, 0.15) is 17.9 Å². The smallest absolute Gasteiger partial charge is 0.292 e. The van der Waals surface area contributed by atoms with Crippen molar-refractivity contribution in [2.75, 3.05) is 20.0 Å². The number of rotatable bonds is 7. The highest BCUT2D eigenvalue weighted by Crippen LogP contribution is 2.45. The standard InChI is InChI=1S/C30H31N9O3/c1-41-15-24-26(19-11-20-6-7-21(12-19)38(20)30(40)28-33-16-34-37-28)36-29-23(14-35-39(29)27(24)31)18-5-10-25(32-13-18)17-3-8-22(42-2)9-4-17/h3-5,8-10,13-14,16,19-21H,6-7,11-12,15,31H2,1-2H3,(H,33,34,37)/t19?,20-,21?/m1/s1. The van der Waals surface area contributed by atoms with Gasteiger partial charge in [0.15, 0.2) is 5.65 Å². The zero-order chi connectivity index (χ0) is 28.8. The summed E-state index contributed by atoms with van der Waals surface area (Å²) in [5.74, 6) is 1.62. The number of hydrogen-bond donors (Lipinski definition) is 2. The van der Waals surface area contributed by atoms with Gasteiger partial charge in [-0.15, -0.1) is 10.2 Å². The van der Waals surface area contributed by atoms with Crippen LogP contribution in [0.4, 0.5) is 5.82 Å². The van der Waals surface area contributed by atoms with E-state index >= 15 is 0 Å². The van der Waals surface area contributed by atoms with E-state index in [2.05, 4.69) is 20.3 Å². The zero-order valence-electron chi connectivity index (χ0n) is 23.4. The summed E-state index contributed by atoms with van der Waals surface area (Å²) in [5.41, 5.74) is 12.8. The van der Waals surface area contributed by atoms with E-state index in [9.17, 15) is 4.79 Å². The first-order chi connectivity index (χ1) is 20.6. The summed E-state index contributed by atoms with van der Waals surface area (Å²) in [6.45, 7) is 0.323. The molecule has 2 unspecified atom stereocenters. The number of pyridine rings is 1. The van der Waals surface area contributed by atoms with E-state index in [-0.39, 0.29) is 29.7 Å². The number of aromatic nitrogens is 7. The maximum absolute atomic E-state index is 13.2. The number of H-pyrrole nitrogens is 1. The second kappa shape index (κ2) is 10.5. The highest BCUT2D eigenvalue weighted by Gasteiger charge is 2.45. The molecule has 0 spiro atoms. The van der Waals surface area contributed by atoms with Gasteiger partial charge >= 0.3 is 0 Å². The Hall–Kier alpha value is -4.84. The third kappa shape index (κ3) is 4.35. The van der Waals surface area contributed by atoms with Gasteiger partial charge in [-0.1, -0.05) is 6.07 Å². The normalized spacial score (nSPS) is 19.9. The van der Waals surface area contributed by atoms with Crippen molar-refractivity contribution >= 4 is 17.4 Å². The number of nitrogens with zero attached hydrogens (tertiary/aromatic N) is 7. The minimum absolute atomic E-state index is 0.0952. The number of fused-ring (bicyclic) bond motifs is 3. The number of ether oxygens (including phenoxy) is 2. The summed E-state index contributed by atoms with van der Waals surface area (Å²) in [4.78, 5) is 27.9. The molecule has 12 heteroatoms. The van der Waals surface area contributed by atoms with Crippen molar-refractivity contribution in [3.63, 3.8) is 0 Å². The van der Waals surface area contributed by atoms with Gasteiger partial charge in [0.2, 0.25) is 5.82 Å². The fraction of sp³-hybridized carbons (Fsp3) is 0.333. The van der Waals surface area contributed by atoms with Crippen LogP contribution in [0.2, 0.25) is 0 Å². The summed E-state index contributed by atoms with van der Waals surface area (Å²) in [6, 6.07) is 12.0. The largest absolute Gasteiger partial charge is 0.497 e. The van der Waals surface area contributed by atoms with Crippen LogP contribution in [0.25, 0.3) is 28.0 Å². The summed E-state index contributed by atoms with van der Waals surface area (Å²) in [7, 11) is 3.30. The molecule has 2 saturated heterocycles. The molecule has 0 saturated carbocycles. The van der Waals surface area contributed by atoms with Gasteiger partial charge < -0.3 is 25.1 Å². The number of piperidine rings is 1. The van der Waals surface area contributed by atoms with Crippen LogP contribution in [0, 0.1) is 0 Å². The second-order valence-corrected chi connectivity index (χ2v) is 10.9. The number of nitrogens with one attached hydrogen (secondary N) is 1. The number of amides is 1. The molecule has 2 aliphatic rings. The Balaban J connectivity index is 1.22. The highest BCUT2D eigenvalue weighted by atomic mass is 16.5. The molecule has 1 aromatic carbocycles. The van der Waals surface area contributed by atoms with Crippen molar-refractivity contribution in [2.24, 2.45) is 0 Å². The third-order valence-electron chi connectivity index (χ3n) is 8.54. The first-order valence-corrected chi connectivity index (χ1v) is 14.0. The zero-order valence-corrected chi connectivity index (χ0v) is 23.4. The average Bonchev–Trinajstić information content (AvgIpc) is 3.77. The van der Waals surface area contributed by atoms with Crippen LogP contribution < -0.4 is 10.5 Å². The first-order valence-electron chi connectivity index (χ1n) is 14.0. The summed E-state index contributed by atoms with van der Waals surface area (Å²) >= 11 is 0. The van der Waals surface area contributed by atoms with Crippen LogP contribution in [0.5, 0.6) is 5.75 Å². The van der Waals surface area contributed by atoms with Crippen LogP contribution in [0.15, 0.2) is 55.1 Å². The molecule has 5 aromatic rings. The maximum Gasteiger partial charge on any atom is 0.292 e. The van der Waals surface area contributed by atoms with Crippen molar-refractivity contribution in [3.05, 3.63) is 72.2 Å². The molecule has 4 aromatic heterocycles. The number of carbonyl (C=O) groups is 1. The summed E-state index contributed by atoms with van der Waals surface area (Å²) in [5, 5.41) is 12.3. The third-order valence-corrected chi connectivity index (χ3v) is 8.54. The molecule has 2 fully saturated rings. The van der Waals surface area contributed by atoms with E-state index in [1.165, 1.54) is 6.33 Å². The molecule has 0 aliphatic carbocycles. The van der Waals surface area contributed by atoms with Gasteiger partial charge in [0.05, 0.1) is 31.3 Å². The van der Waals surface area contributed by atoms with Gasteiger partial charge in [-0.2, -0.15) is 9.61 Å². The number of benzene rings is 1. The minimum atomic E-state index is -0.0952. The lowest BCUT2D eigenvalue weighted by atomic mass is 9.86. The van der Waals surface area contributed by atoms with E-state index < -0.39 is 0 Å². The van der Waals surface area contributed by atoms with E-state index in [4.69, 9.17) is 25.2 Å². The Labute approximate surface area is 241 Å². The molecular weight excluding hydrogens is 534 g/mol. The number of anilines is 1. The molecule has 6 heterocycles. The number of methoxy groups -OCH3 is 2. The minimum Gasteiger partial charge on any atom is -0.497 e. The average molecular weight is 566 g/mol. The summed E-state index contributed by atoms with van der Waals surface area (Å²) < 4.78 is 12.5. The highest BCUT2D eigenvalue weighted by molar-refractivity contribution is 5.91. The van der Waals surface area contributed by atoms with Crippen molar-refractivity contribution in [1.29, 1.82) is 0 Å². The Morgan fingerprint density at radius 3 is 2.45 bits per heavy atom. The molecule has 1 amide bonds. The molecule has 7 rings (SSSR count). The monoisotopic (exact) mass is 565 g/mol. The number of nitrogens with two attached hydrogens (primary N) is 1. The fourth-order valence-electron chi connectivity index (χ4n) is 6.55. The van der Waals surface area contributed by atoms with Crippen LogP contribution in [0.1, 0.15) is 53.5 Å². The number of hydrogen-bond acceptors (Lipinski definition) is 9. The molecule has 0 radical (unpaired) electrons. The van der Waals surface area contributed by atoms with Crippen molar-refractivity contribution in [1.82, 2.24) is 39.7 Å². The van der Waals surface area contributed by atoms with Gasteiger partial charge in [-0.25, -0.2) is 4.98 Å². The molecule has 2 aliphatic heterocycles. The Kier molecular flexibility index (Phi) is 6.54. The SMILES string of the molecule is COCc1c(C2CC3CC[C@H](C2)N3C(=O)c2nnc[nH]2)nc2c(-c3ccc(-c4ccc(OC)cc4)nc3)cnn2c1N. The van der Waals surface area contributed by atoms with Crippen LogP contribution in [-0.2, 0) is 11.3 Å². The van der Waals surface area contributed by atoms with Crippen LogP contribution >= 0.6 is 0 Å². The molecule has 42 heavy (non-hydrogen) atoms. The van der Waals surface area contributed by atoms with Crippen molar-refractivity contribution in [2.45, 2.75) is 50.3 Å². The lowest BCUT2D eigenvalue weighted by molar-refractivity contribution is 0.0556. The van der Waals surface area contributed by atoms with Crippen LogP contribution in [0.3, 0.4) is 0 Å². The lowest BCUT2D eigenvalue weighted by Crippen LogP contribution is -2.46. The predicted molar refractivity (Wildman–Crippen MR) is 155 cm³/mol. The molecule has 3 N–H and O–H groups in total. The Bertz CT molecular complexity index is 1720. The van der Waals surface area contributed by atoms with Crippen molar-refractivity contribution in [3.8, 4) is 28.1 Å². The Morgan fingerprint density at radius 2 is 1.81 bits per heavy atom. The molecule has 214 valence electrons. The number of nitrogen functional groups attached to an aromatic ring is 1.